The molecule has 0 spiro atoms. The van der Waals surface area contributed by atoms with Gasteiger partial charge in [-0.1, -0.05) is 43.5 Å². The standard InChI is InChI=1S/C17H22O3/c18-12-16(10-11-16)13-6-2-3-7-14(13)17(15(19)20)8-4-1-5-9-17/h2-3,6-7,18H,1,4-5,8-12H2,(H,19,20). The van der Waals surface area contributed by atoms with Crippen molar-refractivity contribution in [2.75, 3.05) is 6.61 Å². The lowest BCUT2D eigenvalue weighted by Gasteiger charge is -2.36. The summed E-state index contributed by atoms with van der Waals surface area (Å²) < 4.78 is 0. The van der Waals surface area contributed by atoms with Crippen LogP contribution in [-0.2, 0) is 15.6 Å². The molecule has 0 unspecified atom stereocenters. The van der Waals surface area contributed by atoms with Crippen molar-refractivity contribution >= 4 is 5.97 Å². The molecule has 0 aromatic heterocycles. The molecule has 0 heterocycles. The van der Waals surface area contributed by atoms with Crippen molar-refractivity contribution in [1.82, 2.24) is 0 Å². The van der Waals surface area contributed by atoms with Gasteiger partial charge in [0.1, 0.15) is 0 Å². The molecule has 0 aliphatic heterocycles. The van der Waals surface area contributed by atoms with E-state index < -0.39 is 11.4 Å². The Bertz CT molecular complexity index is 511. The van der Waals surface area contributed by atoms with Gasteiger partial charge in [0, 0.05) is 5.41 Å². The zero-order valence-electron chi connectivity index (χ0n) is 11.8. The molecule has 0 bridgehead atoms. The first-order valence-corrected chi connectivity index (χ1v) is 7.59. The van der Waals surface area contributed by atoms with E-state index in [9.17, 15) is 15.0 Å². The fourth-order valence-corrected chi connectivity index (χ4v) is 3.78. The van der Waals surface area contributed by atoms with Gasteiger partial charge in [-0.3, -0.25) is 4.79 Å². The Kier molecular flexibility index (Phi) is 3.33. The number of carboxylic acids is 1. The quantitative estimate of drug-likeness (QED) is 0.887. The first-order valence-electron chi connectivity index (χ1n) is 7.59. The van der Waals surface area contributed by atoms with Gasteiger partial charge < -0.3 is 10.2 Å². The van der Waals surface area contributed by atoms with Crippen LogP contribution < -0.4 is 0 Å². The third kappa shape index (κ3) is 1.96. The largest absolute Gasteiger partial charge is 0.481 e. The van der Waals surface area contributed by atoms with Crippen molar-refractivity contribution in [3.8, 4) is 0 Å². The third-order valence-corrected chi connectivity index (χ3v) is 5.29. The highest BCUT2D eigenvalue weighted by molar-refractivity contribution is 5.82. The highest BCUT2D eigenvalue weighted by Crippen LogP contribution is 2.52. The van der Waals surface area contributed by atoms with Crippen LogP contribution in [-0.4, -0.2) is 22.8 Å². The number of hydrogen-bond donors (Lipinski definition) is 2. The predicted molar refractivity (Wildman–Crippen MR) is 76.8 cm³/mol. The monoisotopic (exact) mass is 274 g/mol. The van der Waals surface area contributed by atoms with E-state index in [1.807, 2.05) is 24.3 Å². The average molecular weight is 274 g/mol. The molecule has 2 N–H and O–H groups in total. The molecule has 2 aliphatic carbocycles. The maximum atomic E-state index is 12.0. The first-order chi connectivity index (χ1) is 9.65. The first kappa shape index (κ1) is 13.6. The maximum absolute atomic E-state index is 12.0. The van der Waals surface area contributed by atoms with Crippen LogP contribution in [0.25, 0.3) is 0 Å². The van der Waals surface area contributed by atoms with E-state index in [1.165, 1.54) is 0 Å². The number of aliphatic hydroxyl groups excluding tert-OH is 1. The van der Waals surface area contributed by atoms with Crippen LogP contribution in [0.2, 0.25) is 0 Å². The summed E-state index contributed by atoms with van der Waals surface area (Å²) in [5.41, 5.74) is 1.13. The van der Waals surface area contributed by atoms with Crippen LogP contribution in [0.15, 0.2) is 24.3 Å². The number of aliphatic hydroxyl groups is 1. The summed E-state index contributed by atoms with van der Waals surface area (Å²) in [5.74, 6) is -0.696. The second-order valence-corrected chi connectivity index (χ2v) is 6.43. The zero-order valence-corrected chi connectivity index (χ0v) is 11.8. The molecule has 0 amide bonds. The summed E-state index contributed by atoms with van der Waals surface area (Å²) in [6.45, 7) is 0.125. The summed E-state index contributed by atoms with van der Waals surface area (Å²) in [6, 6.07) is 7.90. The van der Waals surface area contributed by atoms with Gasteiger partial charge in [0.2, 0.25) is 0 Å². The molecule has 0 radical (unpaired) electrons. The zero-order chi connectivity index (χ0) is 14.2. The topological polar surface area (TPSA) is 57.5 Å². The van der Waals surface area contributed by atoms with E-state index in [1.54, 1.807) is 0 Å². The fourth-order valence-electron chi connectivity index (χ4n) is 3.78. The Morgan fingerprint density at radius 3 is 2.10 bits per heavy atom. The minimum absolute atomic E-state index is 0.125. The van der Waals surface area contributed by atoms with E-state index in [4.69, 9.17) is 0 Å². The summed E-state index contributed by atoms with van der Waals surface area (Å²) in [7, 11) is 0. The molecule has 2 fully saturated rings. The van der Waals surface area contributed by atoms with E-state index in [-0.39, 0.29) is 12.0 Å². The van der Waals surface area contributed by atoms with Crippen molar-refractivity contribution in [3.63, 3.8) is 0 Å². The Morgan fingerprint density at radius 1 is 1.00 bits per heavy atom. The van der Waals surface area contributed by atoms with Crippen LogP contribution in [0, 0.1) is 0 Å². The van der Waals surface area contributed by atoms with Crippen LogP contribution in [0.5, 0.6) is 0 Å². The van der Waals surface area contributed by atoms with E-state index in [0.717, 1.165) is 56.1 Å². The Hall–Kier alpha value is -1.35. The second kappa shape index (κ2) is 4.88. The molecular formula is C17H22O3. The molecule has 0 saturated heterocycles. The van der Waals surface area contributed by atoms with E-state index >= 15 is 0 Å². The Labute approximate surface area is 119 Å². The third-order valence-electron chi connectivity index (χ3n) is 5.29. The minimum atomic E-state index is -0.737. The van der Waals surface area contributed by atoms with E-state index in [2.05, 4.69) is 0 Å². The van der Waals surface area contributed by atoms with Crippen LogP contribution in [0.1, 0.15) is 56.1 Å². The Balaban J connectivity index is 2.10. The van der Waals surface area contributed by atoms with Crippen molar-refractivity contribution in [1.29, 1.82) is 0 Å². The summed E-state index contributed by atoms with van der Waals surface area (Å²) in [5, 5.41) is 19.6. The molecule has 2 aliphatic rings. The normalized spacial score (nSPS) is 23.2. The van der Waals surface area contributed by atoms with Crippen LogP contribution in [0.3, 0.4) is 0 Å². The van der Waals surface area contributed by atoms with Gasteiger partial charge in [-0.2, -0.15) is 0 Å². The van der Waals surface area contributed by atoms with Gasteiger partial charge in [0.25, 0.3) is 0 Å². The lowest BCUT2D eigenvalue weighted by Crippen LogP contribution is -2.39. The molecule has 108 valence electrons. The lowest BCUT2D eigenvalue weighted by molar-refractivity contribution is -0.145. The number of carboxylic acid groups (broad SMARTS) is 1. The van der Waals surface area contributed by atoms with Crippen molar-refractivity contribution in [3.05, 3.63) is 35.4 Å². The molecule has 2 saturated carbocycles. The van der Waals surface area contributed by atoms with Crippen molar-refractivity contribution < 1.29 is 15.0 Å². The van der Waals surface area contributed by atoms with Gasteiger partial charge >= 0.3 is 5.97 Å². The minimum Gasteiger partial charge on any atom is -0.481 e. The van der Waals surface area contributed by atoms with Crippen molar-refractivity contribution in [2.45, 2.75) is 55.8 Å². The smallest absolute Gasteiger partial charge is 0.314 e. The van der Waals surface area contributed by atoms with Crippen LogP contribution in [0.4, 0.5) is 0 Å². The number of aliphatic carboxylic acids is 1. The molecule has 1 aromatic carbocycles. The predicted octanol–water partition coefficient (Wildman–Crippen LogP) is 3.00. The summed E-state index contributed by atoms with van der Waals surface area (Å²) in [6.07, 6.45) is 6.47. The highest BCUT2D eigenvalue weighted by atomic mass is 16.4. The Morgan fingerprint density at radius 2 is 1.60 bits per heavy atom. The van der Waals surface area contributed by atoms with Crippen LogP contribution >= 0.6 is 0 Å². The number of carbonyl (C=O) groups is 1. The van der Waals surface area contributed by atoms with Gasteiger partial charge in [-0.25, -0.2) is 0 Å². The van der Waals surface area contributed by atoms with E-state index in [0.29, 0.717) is 0 Å². The summed E-state index contributed by atoms with van der Waals surface area (Å²) in [4.78, 5) is 12.0. The van der Waals surface area contributed by atoms with Gasteiger partial charge in [0.05, 0.1) is 12.0 Å². The molecule has 3 heteroatoms. The maximum Gasteiger partial charge on any atom is 0.314 e. The molecule has 20 heavy (non-hydrogen) atoms. The molecule has 1 aromatic rings. The van der Waals surface area contributed by atoms with Gasteiger partial charge in [-0.15, -0.1) is 0 Å². The van der Waals surface area contributed by atoms with Gasteiger partial charge in [0.15, 0.2) is 0 Å². The molecule has 3 nitrogen and oxygen atoms in total. The SMILES string of the molecule is O=C(O)C1(c2ccccc2C2(CO)CC2)CCCCC1. The number of benzene rings is 1. The molecule has 3 rings (SSSR count). The average Bonchev–Trinajstić information content (AvgIpc) is 3.29. The lowest BCUT2D eigenvalue weighted by atomic mass is 9.66. The fraction of sp³-hybridized carbons (Fsp3) is 0.588. The van der Waals surface area contributed by atoms with Crippen molar-refractivity contribution in [2.24, 2.45) is 0 Å². The van der Waals surface area contributed by atoms with Gasteiger partial charge in [-0.05, 0) is 36.8 Å². The second-order valence-electron chi connectivity index (χ2n) is 6.43. The summed E-state index contributed by atoms with van der Waals surface area (Å²) >= 11 is 0. The molecule has 0 atom stereocenters. The number of hydrogen-bond acceptors (Lipinski definition) is 2. The number of rotatable bonds is 4. The highest BCUT2D eigenvalue weighted by Gasteiger charge is 2.50. The molecular weight excluding hydrogens is 252 g/mol.